The van der Waals surface area contributed by atoms with Crippen LogP contribution < -0.4 is 11.1 Å². The van der Waals surface area contributed by atoms with Gasteiger partial charge >= 0.3 is 0 Å². The number of hydrogen-bond donors (Lipinski definition) is 2. The monoisotopic (exact) mass is 336 g/mol. The molecule has 3 N–H and O–H groups in total. The van der Waals surface area contributed by atoms with E-state index >= 15 is 0 Å². The summed E-state index contributed by atoms with van der Waals surface area (Å²) in [6.07, 6.45) is 0. The molecule has 20 heavy (non-hydrogen) atoms. The fourth-order valence-electron chi connectivity index (χ4n) is 1.85. The lowest BCUT2D eigenvalue weighted by atomic mass is 10.1. The molecular formula is C15H14BrFN2O. The summed E-state index contributed by atoms with van der Waals surface area (Å²) in [5.74, 6) is -0.559. The van der Waals surface area contributed by atoms with E-state index in [9.17, 15) is 9.18 Å². The Morgan fingerprint density at radius 2 is 1.90 bits per heavy atom. The van der Waals surface area contributed by atoms with Crippen molar-refractivity contribution >= 4 is 27.5 Å². The molecule has 0 saturated carbocycles. The summed E-state index contributed by atoms with van der Waals surface area (Å²) in [6, 6.07) is 10.9. The van der Waals surface area contributed by atoms with E-state index in [1.807, 2.05) is 6.92 Å². The van der Waals surface area contributed by atoms with E-state index in [-0.39, 0.29) is 17.8 Å². The number of anilines is 1. The quantitative estimate of drug-likeness (QED) is 0.840. The third kappa shape index (κ3) is 3.36. The third-order valence-electron chi connectivity index (χ3n) is 2.98. The molecule has 0 spiro atoms. The maximum Gasteiger partial charge on any atom is 0.253 e. The molecule has 0 aliphatic heterocycles. The number of carbonyl (C=O) groups is 1. The Kier molecular flexibility index (Phi) is 4.39. The number of carbonyl (C=O) groups excluding carboxylic acids is 1. The Balaban J connectivity index is 2.13. The molecule has 2 aromatic rings. The van der Waals surface area contributed by atoms with E-state index in [1.54, 1.807) is 30.3 Å². The molecule has 0 saturated heterocycles. The number of rotatable bonds is 3. The maximum atomic E-state index is 12.9. The van der Waals surface area contributed by atoms with Gasteiger partial charge < -0.3 is 11.1 Å². The van der Waals surface area contributed by atoms with Gasteiger partial charge in [-0.1, -0.05) is 28.1 Å². The second kappa shape index (κ2) is 6.05. The van der Waals surface area contributed by atoms with E-state index in [0.29, 0.717) is 11.3 Å². The summed E-state index contributed by atoms with van der Waals surface area (Å²) in [5.41, 5.74) is 7.47. The van der Waals surface area contributed by atoms with Crippen molar-refractivity contribution in [2.45, 2.75) is 13.0 Å². The van der Waals surface area contributed by atoms with Crippen LogP contribution in [0, 0.1) is 5.82 Å². The van der Waals surface area contributed by atoms with Crippen molar-refractivity contribution in [3.63, 3.8) is 0 Å². The van der Waals surface area contributed by atoms with Crippen LogP contribution in [-0.4, -0.2) is 5.91 Å². The summed E-state index contributed by atoms with van der Waals surface area (Å²) in [4.78, 5) is 12.1. The number of amides is 1. The number of nitrogens with one attached hydrogen (secondary N) is 1. The van der Waals surface area contributed by atoms with Crippen molar-refractivity contribution in [1.82, 2.24) is 5.32 Å². The van der Waals surface area contributed by atoms with Gasteiger partial charge in [-0.3, -0.25) is 4.79 Å². The molecule has 0 aliphatic rings. The largest absolute Gasteiger partial charge is 0.398 e. The van der Waals surface area contributed by atoms with Crippen molar-refractivity contribution in [1.29, 1.82) is 0 Å². The molecule has 0 fully saturated rings. The number of nitrogens with two attached hydrogens (primary N) is 1. The first-order valence-electron chi connectivity index (χ1n) is 6.08. The summed E-state index contributed by atoms with van der Waals surface area (Å²) < 4.78 is 13.7. The molecular weight excluding hydrogens is 323 g/mol. The van der Waals surface area contributed by atoms with E-state index < -0.39 is 0 Å². The van der Waals surface area contributed by atoms with Gasteiger partial charge in [-0.15, -0.1) is 0 Å². The van der Waals surface area contributed by atoms with Crippen molar-refractivity contribution in [3.8, 4) is 0 Å². The summed E-state index contributed by atoms with van der Waals surface area (Å²) in [5, 5.41) is 2.84. The van der Waals surface area contributed by atoms with Crippen LogP contribution in [0.4, 0.5) is 10.1 Å². The lowest BCUT2D eigenvalue weighted by molar-refractivity contribution is 0.0941. The zero-order chi connectivity index (χ0) is 14.7. The highest BCUT2D eigenvalue weighted by Gasteiger charge is 2.14. The van der Waals surface area contributed by atoms with Crippen LogP contribution in [0.5, 0.6) is 0 Å². The molecule has 2 aromatic carbocycles. The van der Waals surface area contributed by atoms with E-state index in [1.165, 1.54) is 12.1 Å². The average Bonchev–Trinajstić information content (AvgIpc) is 2.39. The predicted octanol–water partition coefficient (Wildman–Crippen LogP) is 3.66. The van der Waals surface area contributed by atoms with Gasteiger partial charge in [0.2, 0.25) is 0 Å². The summed E-state index contributed by atoms with van der Waals surface area (Å²) in [6.45, 7) is 1.83. The van der Waals surface area contributed by atoms with Crippen LogP contribution in [-0.2, 0) is 0 Å². The predicted molar refractivity (Wildman–Crippen MR) is 80.8 cm³/mol. The smallest absolute Gasteiger partial charge is 0.253 e. The maximum absolute atomic E-state index is 12.9. The highest BCUT2D eigenvalue weighted by molar-refractivity contribution is 9.10. The molecule has 2 rings (SSSR count). The van der Waals surface area contributed by atoms with E-state index in [4.69, 9.17) is 5.73 Å². The van der Waals surface area contributed by atoms with Crippen LogP contribution in [0.1, 0.15) is 28.9 Å². The molecule has 0 heterocycles. The van der Waals surface area contributed by atoms with Gasteiger partial charge in [0.15, 0.2) is 0 Å². The SMILES string of the molecule is CC(NC(=O)c1ccc(Br)cc1N)c1ccc(F)cc1. The van der Waals surface area contributed by atoms with Crippen molar-refractivity contribution in [2.24, 2.45) is 0 Å². The Hall–Kier alpha value is -1.88. The Labute approximate surface area is 125 Å². The Bertz CT molecular complexity index is 628. The molecule has 104 valence electrons. The third-order valence-corrected chi connectivity index (χ3v) is 3.47. The number of nitrogen functional groups attached to an aromatic ring is 1. The lowest BCUT2D eigenvalue weighted by Crippen LogP contribution is -2.27. The van der Waals surface area contributed by atoms with Gasteiger partial charge in [0.25, 0.3) is 5.91 Å². The van der Waals surface area contributed by atoms with Crippen LogP contribution in [0.2, 0.25) is 0 Å². The van der Waals surface area contributed by atoms with Gasteiger partial charge in [-0.25, -0.2) is 4.39 Å². The topological polar surface area (TPSA) is 55.1 Å². The zero-order valence-electron chi connectivity index (χ0n) is 10.9. The summed E-state index contributed by atoms with van der Waals surface area (Å²) >= 11 is 3.29. The first-order chi connectivity index (χ1) is 9.47. The molecule has 3 nitrogen and oxygen atoms in total. The first kappa shape index (κ1) is 14.5. The molecule has 1 unspecified atom stereocenters. The van der Waals surface area contributed by atoms with Gasteiger partial charge in [-0.05, 0) is 42.8 Å². The van der Waals surface area contributed by atoms with Crippen LogP contribution in [0.25, 0.3) is 0 Å². The minimum absolute atomic E-state index is 0.230. The average molecular weight is 337 g/mol. The van der Waals surface area contributed by atoms with Gasteiger partial charge in [0.05, 0.1) is 11.6 Å². The second-order valence-electron chi connectivity index (χ2n) is 4.48. The fourth-order valence-corrected chi connectivity index (χ4v) is 2.23. The van der Waals surface area contributed by atoms with Crippen LogP contribution in [0.3, 0.4) is 0 Å². The van der Waals surface area contributed by atoms with Gasteiger partial charge in [0.1, 0.15) is 5.82 Å². The molecule has 1 amide bonds. The minimum Gasteiger partial charge on any atom is -0.398 e. The van der Waals surface area contributed by atoms with Gasteiger partial charge in [-0.2, -0.15) is 0 Å². The first-order valence-corrected chi connectivity index (χ1v) is 6.88. The minimum atomic E-state index is -0.301. The normalized spacial score (nSPS) is 11.9. The molecule has 0 aliphatic carbocycles. The lowest BCUT2D eigenvalue weighted by Gasteiger charge is -2.15. The summed E-state index contributed by atoms with van der Waals surface area (Å²) in [7, 11) is 0. The van der Waals surface area contributed by atoms with Crippen LogP contribution in [0.15, 0.2) is 46.9 Å². The molecule has 0 bridgehead atoms. The Morgan fingerprint density at radius 1 is 1.25 bits per heavy atom. The highest BCUT2D eigenvalue weighted by atomic mass is 79.9. The molecule has 0 radical (unpaired) electrons. The van der Waals surface area contributed by atoms with E-state index in [0.717, 1.165) is 10.0 Å². The Morgan fingerprint density at radius 3 is 2.50 bits per heavy atom. The number of hydrogen-bond acceptors (Lipinski definition) is 2. The highest BCUT2D eigenvalue weighted by Crippen LogP contribution is 2.20. The number of halogens is 2. The molecule has 5 heteroatoms. The molecule has 1 atom stereocenters. The van der Waals surface area contributed by atoms with Gasteiger partial charge in [0, 0.05) is 10.2 Å². The van der Waals surface area contributed by atoms with Crippen LogP contribution >= 0.6 is 15.9 Å². The number of benzene rings is 2. The molecule has 0 aromatic heterocycles. The second-order valence-corrected chi connectivity index (χ2v) is 5.39. The van der Waals surface area contributed by atoms with Crippen molar-refractivity contribution in [3.05, 3.63) is 63.9 Å². The van der Waals surface area contributed by atoms with E-state index in [2.05, 4.69) is 21.2 Å². The van der Waals surface area contributed by atoms with Crippen molar-refractivity contribution < 1.29 is 9.18 Å². The zero-order valence-corrected chi connectivity index (χ0v) is 12.4. The fraction of sp³-hybridized carbons (Fsp3) is 0.133. The van der Waals surface area contributed by atoms with Crippen molar-refractivity contribution in [2.75, 3.05) is 5.73 Å². The standard InChI is InChI=1S/C15H14BrFN2O/c1-9(10-2-5-12(17)6-3-10)19-15(20)13-7-4-11(16)8-14(13)18/h2-9H,18H2,1H3,(H,19,20).